The van der Waals surface area contributed by atoms with Gasteiger partial charge in [0.1, 0.15) is 6.04 Å². The Bertz CT molecular complexity index is 1270. The molecule has 7 nitrogen and oxygen atoms in total. The van der Waals surface area contributed by atoms with Gasteiger partial charge in [-0.3, -0.25) is 19.2 Å². The van der Waals surface area contributed by atoms with Crippen LogP contribution in [0.4, 0.5) is 11.4 Å². The van der Waals surface area contributed by atoms with Crippen LogP contribution in [0.2, 0.25) is 0 Å². The molecule has 1 N–H and O–H groups in total. The summed E-state index contributed by atoms with van der Waals surface area (Å²) in [4.78, 5) is 54.4. The average molecular weight is 470 g/mol. The van der Waals surface area contributed by atoms with Gasteiger partial charge in [0.2, 0.25) is 11.8 Å². The number of aryl methyl sites for hydroxylation is 1. The van der Waals surface area contributed by atoms with Crippen molar-refractivity contribution in [2.24, 2.45) is 0 Å². The third-order valence-corrected chi connectivity index (χ3v) is 6.21. The Kier molecular flexibility index (Phi) is 6.78. The van der Waals surface area contributed by atoms with E-state index >= 15 is 0 Å². The van der Waals surface area contributed by atoms with Crippen LogP contribution in [0.3, 0.4) is 0 Å². The van der Waals surface area contributed by atoms with E-state index in [4.69, 9.17) is 0 Å². The smallest absolute Gasteiger partial charge is 0.257 e. The first-order valence-corrected chi connectivity index (χ1v) is 11.5. The van der Waals surface area contributed by atoms with Crippen molar-refractivity contribution >= 4 is 35.0 Å². The topological polar surface area (TPSA) is 86.8 Å². The number of hydrogen-bond acceptors (Lipinski definition) is 4. The third kappa shape index (κ3) is 4.84. The number of imide groups is 1. The molecule has 0 saturated carbocycles. The summed E-state index contributed by atoms with van der Waals surface area (Å²) in [6.07, 6.45) is -0.110. The zero-order chi connectivity index (χ0) is 25.1. The van der Waals surface area contributed by atoms with Crippen molar-refractivity contribution in [3.05, 3.63) is 95.6 Å². The monoisotopic (exact) mass is 469 g/mol. The van der Waals surface area contributed by atoms with Crippen molar-refractivity contribution in [1.29, 1.82) is 0 Å². The van der Waals surface area contributed by atoms with Gasteiger partial charge in [-0.15, -0.1) is 0 Å². The Morgan fingerprint density at radius 3 is 2.20 bits per heavy atom. The lowest BCUT2D eigenvalue weighted by Crippen LogP contribution is -2.47. The minimum Gasteiger partial charge on any atom is -0.326 e. The van der Waals surface area contributed by atoms with Gasteiger partial charge < -0.3 is 10.2 Å². The van der Waals surface area contributed by atoms with Gasteiger partial charge in [0.05, 0.1) is 18.2 Å². The highest BCUT2D eigenvalue weighted by molar-refractivity contribution is 6.23. The number of nitrogens with zero attached hydrogens (tertiary/aromatic N) is 2. The normalized spacial score (nSPS) is 16.2. The molecule has 1 aliphatic rings. The quantitative estimate of drug-likeness (QED) is 0.539. The molecule has 178 valence electrons. The fourth-order valence-electron chi connectivity index (χ4n) is 4.43. The second-order valence-corrected chi connectivity index (χ2v) is 8.63. The van der Waals surface area contributed by atoms with E-state index in [1.165, 1.54) is 11.8 Å². The van der Waals surface area contributed by atoms with E-state index in [9.17, 15) is 19.2 Å². The summed E-state index contributed by atoms with van der Waals surface area (Å²) < 4.78 is 0. The lowest BCUT2D eigenvalue weighted by Gasteiger charge is -2.34. The van der Waals surface area contributed by atoms with Crippen molar-refractivity contribution in [2.75, 3.05) is 10.2 Å². The summed E-state index contributed by atoms with van der Waals surface area (Å²) in [5.41, 5.74) is 3.12. The van der Waals surface area contributed by atoms with Crippen LogP contribution in [0.25, 0.3) is 0 Å². The first-order valence-electron chi connectivity index (χ1n) is 11.5. The van der Waals surface area contributed by atoms with Gasteiger partial charge >= 0.3 is 0 Å². The number of benzene rings is 3. The summed E-state index contributed by atoms with van der Waals surface area (Å²) in [5.74, 6) is -1.35. The molecular weight excluding hydrogens is 442 g/mol. The van der Waals surface area contributed by atoms with E-state index in [1.807, 2.05) is 56.3 Å². The highest BCUT2D eigenvalue weighted by atomic mass is 16.2. The molecule has 0 radical (unpaired) electrons. The molecule has 1 saturated heterocycles. The second kappa shape index (κ2) is 9.93. The Hall–Kier alpha value is -4.26. The Labute approximate surface area is 204 Å². The lowest BCUT2D eigenvalue weighted by atomic mass is 10.0. The van der Waals surface area contributed by atoms with Gasteiger partial charge in [0.15, 0.2) is 0 Å². The molecule has 7 heteroatoms. The maximum Gasteiger partial charge on any atom is 0.257 e. The summed E-state index contributed by atoms with van der Waals surface area (Å²) in [6, 6.07) is 21.8. The number of rotatable bonds is 6. The van der Waals surface area contributed by atoms with Gasteiger partial charge in [-0.2, -0.15) is 0 Å². The molecule has 1 heterocycles. The molecule has 3 aromatic carbocycles. The number of anilines is 2. The highest BCUT2D eigenvalue weighted by Gasteiger charge is 2.46. The SMILES string of the molecule is CC(=O)Nc1ccc(N2C(=O)CC(N(C(=O)c3ccccc3C)C(C)c3ccccc3)C2=O)cc1. The molecule has 35 heavy (non-hydrogen) atoms. The molecule has 2 atom stereocenters. The van der Waals surface area contributed by atoms with E-state index < -0.39 is 18.0 Å². The zero-order valence-electron chi connectivity index (χ0n) is 19.9. The molecule has 0 bridgehead atoms. The van der Waals surface area contributed by atoms with Crippen LogP contribution in [0.5, 0.6) is 0 Å². The predicted molar refractivity (Wildman–Crippen MR) is 134 cm³/mol. The highest BCUT2D eigenvalue weighted by Crippen LogP contribution is 2.33. The van der Waals surface area contributed by atoms with Crippen LogP contribution in [0.1, 0.15) is 47.8 Å². The van der Waals surface area contributed by atoms with Gasteiger partial charge in [-0.25, -0.2) is 4.90 Å². The van der Waals surface area contributed by atoms with Crippen molar-refractivity contribution in [3.63, 3.8) is 0 Å². The van der Waals surface area contributed by atoms with Gasteiger partial charge in [-0.05, 0) is 55.3 Å². The molecule has 4 amide bonds. The van der Waals surface area contributed by atoms with Crippen LogP contribution in [-0.2, 0) is 14.4 Å². The Balaban J connectivity index is 1.70. The summed E-state index contributed by atoms with van der Waals surface area (Å²) in [6.45, 7) is 5.12. The standard InChI is InChI=1S/C28H27N3O4/c1-18-9-7-8-12-24(18)27(34)30(19(2)21-10-5-4-6-11-21)25-17-26(33)31(28(25)35)23-15-13-22(14-16-23)29-20(3)32/h4-16,19,25H,17H2,1-3H3,(H,29,32). The van der Waals surface area contributed by atoms with E-state index in [-0.39, 0.29) is 24.1 Å². The number of amides is 4. The van der Waals surface area contributed by atoms with Gasteiger partial charge in [0, 0.05) is 18.2 Å². The van der Waals surface area contributed by atoms with Crippen LogP contribution in [0.15, 0.2) is 78.9 Å². The van der Waals surface area contributed by atoms with Crippen molar-refractivity contribution in [2.45, 2.75) is 39.3 Å². The van der Waals surface area contributed by atoms with Crippen LogP contribution in [0, 0.1) is 6.92 Å². The minimum absolute atomic E-state index is 0.110. The van der Waals surface area contributed by atoms with Gasteiger partial charge in [-0.1, -0.05) is 48.5 Å². The molecule has 0 aliphatic carbocycles. The number of carbonyl (C=O) groups is 4. The zero-order valence-corrected chi connectivity index (χ0v) is 19.9. The van der Waals surface area contributed by atoms with Gasteiger partial charge in [0.25, 0.3) is 11.8 Å². The molecule has 2 unspecified atom stereocenters. The summed E-state index contributed by atoms with van der Waals surface area (Å²) in [5, 5.41) is 2.66. The minimum atomic E-state index is -0.945. The molecule has 1 aliphatic heterocycles. The first kappa shape index (κ1) is 23.9. The number of nitrogens with one attached hydrogen (secondary N) is 1. The van der Waals surface area contributed by atoms with Crippen molar-refractivity contribution in [3.8, 4) is 0 Å². The maximum atomic E-state index is 13.8. The number of hydrogen-bond donors (Lipinski definition) is 1. The van der Waals surface area contributed by atoms with Crippen molar-refractivity contribution in [1.82, 2.24) is 4.90 Å². The van der Waals surface area contributed by atoms with Crippen LogP contribution < -0.4 is 10.2 Å². The third-order valence-electron chi connectivity index (χ3n) is 6.21. The Morgan fingerprint density at radius 2 is 1.57 bits per heavy atom. The largest absolute Gasteiger partial charge is 0.326 e. The fraction of sp³-hybridized carbons (Fsp3) is 0.214. The summed E-state index contributed by atoms with van der Waals surface area (Å²) in [7, 11) is 0. The van der Waals surface area contributed by atoms with Crippen LogP contribution >= 0.6 is 0 Å². The van der Waals surface area contributed by atoms with E-state index in [1.54, 1.807) is 36.4 Å². The predicted octanol–water partition coefficient (Wildman–Crippen LogP) is 4.49. The van der Waals surface area contributed by atoms with E-state index in [2.05, 4.69) is 5.32 Å². The average Bonchev–Trinajstić information content (AvgIpc) is 3.13. The first-order chi connectivity index (χ1) is 16.8. The molecule has 3 aromatic rings. The summed E-state index contributed by atoms with van der Waals surface area (Å²) >= 11 is 0. The lowest BCUT2D eigenvalue weighted by molar-refractivity contribution is -0.123. The Morgan fingerprint density at radius 1 is 0.943 bits per heavy atom. The molecule has 0 spiro atoms. The van der Waals surface area contributed by atoms with Crippen LogP contribution in [-0.4, -0.2) is 34.6 Å². The fourth-order valence-corrected chi connectivity index (χ4v) is 4.43. The molecule has 4 rings (SSSR count). The van der Waals surface area contributed by atoms with E-state index in [0.29, 0.717) is 16.9 Å². The maximum absolute atomic E-state index is 13.8. The molecular formula is C28H27N3O4. The van der Waals surface area contributed by atoms with Crippen molar-refractivity contribution < 1.29 is 19.2 Å². The molecule has 1 fully saturated rings. The molecule has 0 aromatic heterocycles. The van der Waals surface area contributed by atoms with E-state index in [0.717, 1.165) is 16.0 Å². The second-order valence-electron chi connectivity index (χ2n) is 8.63. The number of carbonyl (C=O) groups excluding carboxylic acids is 4.